The molecular formula is C12H16N4. The van der Waals surface area contributed by atoms with Gasteiger partial charge in [0.25, 0.3) is 0 Å². The highest BCUT2D eigenvalue weighted by Crippen LogP contribution is 2.24. The van der Waals surface area contributed by atoms with Crippen molar-refractivity contribution in [1.29, 1.82) is 0 Å². The van der Waals surface area contributed by atoms with E-state index in [-0.39, 0.29) is 5.41 Å². The van der Waals surface area contributed by atoms with E-state index >= 15 is 0 Å². The van der Waals surface area contributed by atoms with Gasteiger partial charge in [0, 0.05) is 18.5 Å². The zero-order valence-electron chi connectivity index (χ0n) is 9.78. The lowest BCUT2D eigenvalue weighted by atomic mass is 9.88. The molecule has 2 N–H and O–H groups in total. The van der Waals surface area contributed by atoms with Crippen LogP contribution in [0.3, 0.4) is 0 Å². The summed E-state index contributed by atoms with van der Waals surface area (Å²) in [6, 6.07) is 5.95. The largest absolute Gasteiger partial charge is 0.323 e. The van der Waals surface area contributed by atoms with Crippen molar-refractivity contribution in [2.45, 2.75) is 26.2 Å². The van der Waals surface area contributed by atoms with Crippen LogP contribution in [0.1, 0.15) is 26.3 Å². The fourth-order valence-corrected chi connectivity index (χ4v) is 1.43. The fraction of sp³-hybridized carbons (Fsp3) is 0.333. The minimum atomic E-state index is 0.130. The Bertz CT molecular complexity index is 454. The molecular weight excluding hydrogens is 200 g/mol. The summed E-state index contributed by atoms with van der Waals surface area (Å²) in [4.78, 5) is 4.26. The van der Waals surface area contributed by atoms with Crippen LogP contribution in [0.5, 0.6) is 0 Å². The smallest absolute Gasteiger partial charge is 0.153 e. The molecule has 0 saturated heterocycles. The molecule has 16 heavy (non-hydrogen) atoms. The third-order valence-electron chi connectivity index (χ3n) is 2.38. The first-order valence-corrected chi connectivity index (χ1v) is 5.29. The number of aromatic amines is 1. The molecule has 0 bridgehead atoms. The summed E-state index contributed by atoms with van der Waals surface area (Å²) in [6.07, 6.45) is 3.59. The van der Waals surface area contributed by atoms with Gasteiger partial charge in [-0.2, -0.15) is 5.10 Å². The Kier molecular flexibility index (Phi) is 2.64. The van der Waals surface area contributed by atoms with E-state index in [1.807, 2.05) is 18.3 Å². The lowest BCUT2D eigenvalue weighted by Gasteiger charge is -2.19. The van der Waals surface area contributed by atoms with Gasteiger partial charge in [0.15, 0.2) is 5.82 Å². The van der Waals surface area contributed by atoms with Crippen LogP contribution >= 0.6 is 0 Å². The summed E-state index contributed by atoms with van der Waals surface area (Å²) >= 11 is 0. The molecule has 0 aliphatic rings. The van der Waals surface area contributed by atoms with E-state index in [2.05, 4.69) is 47.3 Å². The van der Waals surface area contributed by atoms with Crippen molar-refractivity contribution in [1.82, 2.24) is 15.2 Å². The molecule has 0 aliphatic heterocycles. The first-order chi connectivity index (χ1) is 7.55. The van der Waals surface area contributed by atoms with Crippen LogP contribution in [0.25, 0.3) is 0 Å². The van der Waals surface area contributed by atoms with Gasteiger partial charge < -0.3 is 5.32 Å². The highest BCUT2D eigenvalue weighted by molar-refractivity contribution is 5.52. The van der Waals surface area contributed by atoms with Gasteiger partial charge in [-0.3, -0.25) is 5.10 Å². The normalized spacial score (nSPS) is 11.4. The summed E-state index contributed by atoms with van der Waals surface area (Å²) in [5.74, 6) is 1.60. The Hall–Kier alpha value is -1.84. The van der Waals surface area contributed by atoms with Crippen LogP contribution in [0, 0.1) is 0 Å². The van der Waals surface area contributed by atoms with Gasteiger partial charge in [-0.15, -0.1) is 0 Å². The topological polar surface area (TPSA) is 53.6 Å². The number of nitrogens with zero attached hydrogens (tertiary/aromatic N) is 2. The molecule has 0 aliphatic carbocycles. The quantitative estimate of drug-likeness (QED) is 0.811. The van der Waals surface area contributed by atoms with Crippen molar-refractivity contribution in [3.63, 3.8) is 0 Å². The Morgan fingerprint density at radius 1 is 1.19 bits per heavy atom. The van der Waals surface area contributed by atoms with E-state index in [9.17, 15) is 0 Å². The number of H-pyrrole nitrogens is 1. The Morgan fingerprint density at radius 3 is 2.62 bits per heavy atom. The summed E-state index contributed by atoms with van der Waals surface area (Å²) in [7, 11) is 0. The van der Waals surface area contributed by atoms with E-state index in [4.69, 9.17) is 0 Å². The summed E-state index contributed by atoms with van der Waals surface area (Å²) in [5, 5.41) is 9.92. The van der Waals surface area contributed by atoms with Crippen LogP contribution < -0.4 is 5.32 Å². The summed E-state index contributed by atoms with van der Waals surface area (Å²) in [6.45, 7) is 6.54. The molecule has 4 heteroatoms. The summed E-state index contributed by atoms with van der Waals surface area (Å²) in [5.41, 5.74) is 1.38. The number of rotatable bonds is 2. The molecule has 0 aromatic carbocycles. The molecule has 0 unspecified atom stereocenters. The molecule has 2 heterocycles. The van der Waals surface area contributed by atoms with Gasteiger partial charge in [-0.25, -0.2) is 4.98 Å². The number of pyridine rings is 1. The average molecular weight is 216 g/mol. The lowest BCUT2D eigenvalue weighted by molar-refractivity contribution is 0.589. The molecule has 0 fully saturated rings. The van der Waals surface area contributed by atoms with Gasteiger partial charge in [0.1, 0.15) is 5.82 Å². The Balaban J connectivity index is 2.23. The first kappa shape index (κ1) is 10.7. The standard InChI is InChI=1S/C12H16N4/c1-12(2,3)9-4-6-13-11(8-9)15-10-5-7-14-16-10/h4-8H,1-3H3,(H2,13,14,15,16). The van der Waals surface area contributed by atoms with E-state index in [1.165, 1.54) is 5.56 Å². The number of hydrogen-bond acceptors (Lipinski definition) is 3. The van der Waals surface area contributed by atoms with E-state index in [0.717, 1.165) is 11.6 Å². The predicted octanol–water partition coefficient (Wildman–Crippen LogP) is 2.85. The third kappa shape index (κ3) is 2.39. The van der Waals surface area contributed by atoms with Crippen molar-refractivity contribution in [2.75, 3.05) is 5.32 Å². The lowest BCUT2D eigenvalue weighted by Crippen LogP contribution is -2.11. The molecule has 4 nitrogen and oxygen atoms in total. The molecule has 0 spiro atoms. The maximum absolute atomic E-state index is 4.26. The average Bonchev–Trinajstić information content (AvgIpc) is 2.70. The molecule has 0 saturated carbocycles. The molecule has 0 atom stereocenters. The maximum atomic E-state index is 4.26. The first-order valence-electron chi connectivity index (χ1n) is 5.29. The second-order valence-corrected chi connectivity index (χ2v) is 4.76. The maximum Gasteiger partial charge on any atom is 0.153 e. The van der Waals surface area contributed by atoms with Crippen molar-refractivity contribution in [2.24, 2.45) is 0 Å². The number of anilines is 2. The molecule has 0 amide bonds. The van der Waals surface area contributed by atoms with Gasteiger partial charge in [-0.05, 0) is 23.1 Å². The van der Waals surface area contributed by atoms with Crippen molar-refractivity contribution in [3.05, 3.63) is 36.2 Å². The van der Waals surface area contributed by atoms with Crippen molar-refractivity contribution in [3.8, 4) is 0 Å². The van der Waals surface area contributed by atoms with Crippen LogP contribution in [-0.2, 0) is 5.41 Å². The monoisotopic (exact) mass is 216 g/mol. The number of hydrogen-bond donors (Lipinski definition) is 2. The van der Waals surface area contributed by atoms with Crippen molar-refractivity contribution < 1.29 is 0 Å². The van der Waals surface area contributed by atoms with Gasteiger partial charge in [0.05, 0.1) is 0 Å². The highest BCUT2D eigenvalue weighted by Gasteiger charge is 2.14. The molecule has 2 aromatic heterocycles. The van der Waals surface area contributed by atoms with E-state index < -0.39 is 0 Å². The van der Waals surface area contributed by atoms with Crippen LogP contribution in [-0.4, -0.2) is 15.2 Å². The van der Waals surface area contributed by atoms with E-state index in [1.54, 1.807) is 6.20 Å². The van der Waals surface area contributed by atoms with Crippen LogP contribution in [0.2, 0.25) is 0 Å². The van der Waals surface area contributed by atoms with Crippen LogP contribution in [0.15, 0.2) is 30.6 Å². The van der Waals surface area contributed by atoms with Gasteiger partial charge in [-0.1, -0.05) is 20.8 Å². The number of nitrogens with one attached hydrogen (secondary N) is 2. The Labute approximate surface area is 95.1 Å². The second kappa shape index (κ2) is 3.96. The second-order valence-electron chi connectivity index (χ2n) is 4.76. The van der Waals surface area contributed by atoms with Crippen LogP contribution in [0.4, 0.5) is 11.6 Å². The third-order valence-corrected chi connectivity index (χ3v) is 2.38. The van der Waals surface area contributed by atoms with Gasteiger partial charge >= 0.3 is 0 Å². The molecule has 2 aromatic rings. The molecule has 2 rings (SSSR count). The van der Waals surface area contributed by atoms with E-state index in [0.29, 0.717) is 0 Å². The molecule has 0 radical (unpaired) electrons. The number of aromatic nitrogens is 3. The molecule has 84 valence electrons. The zero-order chi connectivity index (χ0) is 11.6. The van der Waals surface area contributed by atoms with Crippen molar-refractivity contribution >= 4 is 11.6 Å². The predicted molar refractivity (Wildman–Crippen MR) is 64.8 cm³/mol. The summed E-state index contributed by atoms with van der Waals surface area (Å²) < 4.78 is 0. The highest BCUT2D eigenvalue weighted by atomic mass is 15.2. The Morgan fingerprint density at radius 2 is 2.00 bits per heavy atom. The SMILES string of the molecule is CC(C)(C)c1ccnc(Nc2cc[nH]n2)c1. The van der Waals surface area contributed by atoms with Gasteiger partial charge in [0.2, 0.25) is 0 Å². The zero-order valence-corrected chi connectivity index (χ0v) is 9.78. The minimum Gasteiger partial charge on any atom is -0.323 e. The minimum absolute atomic E-state index is 0.130. The fourth-order valence-electron chi connectivity index (χ4n) is 1.43.